The lowest BCUT2D eigenvalue weighted by Crippen LogP contribution is -2.33. The Balaban J connectivity index is 2.82. The maximum absolute atomic E-state index is 8.79. The lowest BCUT2D eigenvalue weighted by atomic mass is 9.71. The van der Waals surface area contributed by atoms with Gasteiger partial charge >= 0.3 is 0 Å². The fourth-order valence-electron chi connectivity index (χ4n) is 2.02. The first-order valence-corrected chi connectivity index (χ1v) is 4.30. The van der Waals surface area contributed by atoms with Crippen molar-refractivity contribution in [2.75, 3.05) is 0 Å². The van der Waals surface area contributed by atoms with E-state index in [1.807, 2.05) is 0 Å². The average Bonchev–Trinajstić information content (AvgIpc) is 1.86. The Morgan fingerprint density at radius 1 is 1.55 bits per heavy atom. The fraction of sp³-hybridized carbons (Fsp3) is 0.889. The van der Waals surface area contributed by atoms with Crippen molar-refractivity contribution in [3.8, 4) is 0 Å². The van der Waals surface area contributed by atoms with E-state index in [0.29, 0.717) is 5.92 Å². The number of nitrogens with zero attached hydrogens (tertiary/aromatic N) is 1. The molecule has 1 N–H and O–H groups in total. The minimum absolute atomic E-state index is 0.117. The van der Waals surface area contributed by atoms with Crippen molar-refractivity contribution in [1.29, 1.82) is 0 Å². The predicted molar refractivity (Wildman–Crippen MR) is 46.0 cm³/mol. The van der Waals surface area contributed by atoms with Crippen LogP contribution in [0.3, 0.4) is 0 Å². The Labute approximate surface area is 68.3 Å². The van der Waals surface area contributed by atoms with Gasteiger partial charge in [-0.05, 0) is 18.8 Å². The van der Waals surface area contributed by atoms with Gasteiger partial charge in [-0.3, -0.25) is 0 Å². The van der Waals surface area contributed by atoms with Gasteiger partial charge in [0.25, 0.3) is 0 Å². The first-order chi connectivity index (χ1) is 5.08. The Morgan fingerprint density at radius 3 is 2.55 bits per heavy atom. The van der Waals surface area contributed by atoms with Gasteiger partial charge in [0.15, 0.2) is 0 Å². The lowest BCUT2D eigenvalue weighted by Gasteiger charge is -2.34. The van der Waals surface area contributed by atoms with Gasteiger partial charge < -0.3 is 5.21 Å². The highest BCUT2D eigenvalue weighted by Crippen LogP contribution is 2.35. The summed E-state index contributed by atoms with van der Waals surface area (Å²) in [6.45, 7) is 6.44. The molecule has 0 aliphatic heterocycles. The molecule has 1 rings (SSSR count). The van der Waals surface area contributed by atoms with Gasteiger partial charge in [0, 0.05) is 5.41 Å². The van der Waals surface area contributed by atoms with Gasteiger partial charge in [-0.2, -0.15) is 0 Å². The summed E-state index contributed by atoms with van der Waals surface area (Å²) in [6, 6.07) is 0. The van der Waals surface area contributed by atoms with E-state index in [-0.39, 0.29) is 5.41 Å². The number of oxime groups is 1. The molecule has 0 unspecified atom stereocenters. The fourth-order valence-corrected chi connectivity index (χ4v) is 2.02. The molecule has 1 saturated carbocycles. The van der Waals surface area contributed by atoms with Crippen LogP contribution in [0, 0.1) is 11.3 Å². The summed E-state index contributed by atoms with van der Waals surface area (Å²) < 4.78 is 0. The molecule has 0 aromatic heterocycles. The third-order valence-corrected chi connectivity index (χ3v) is 2.71. The third-order valence-electron chi connectivity index (χ3n) is 2.71. The van der Waals surface area contributed by atoms with E-state index in [9.17, 15) is 0 Å². The molecule has 0 aromatic rings. The normalized spacial score (nSPS) is 34.1. The van der Waals surface area contributed by atoms with Crippen molar-refractivity contribution in [2.24, 2.45) is 16.5 Å². The molecule has 0 aromatic carbocycles. The number of hydrogen-bond acceptors (Lipinski definition) is 2. The number of rotatable bonds is 0. The zero-order valence-corrected chi connectivity index (χ0v) is 7.59. The first kappa shape index (κ1) is 8.57. The number of hydrogen-bond donors (Lipinski definition) is 1. The van der Waals surface area contributed by atoms with E-state index < -0.39 is 0 Å². The van der Waals surface area contributed by atoms with Crippen molar-refractivity contribution in [3.05, 3.63) is 0 Å². The second kappa shape index (κ2) is 2.84. The largest absolute Gasteiger partial charge is 0.411 e. The van der Waals surface area contributed by atoms with Crippen LogP contribution in [0.15, 0.2) is 5.16 Å². The highest BCUT2D eigenvalue weighted by molar-refractivity contribution is 5.91. The van der Waals surface area contributed by atoms with Crippen LogP contribution < -0.4 is 0 Å². The average molecular weight is 155 g/mol. The highest BCUT2D eigenvalue weighted by Gasteiger charge is 2.33. The molecule has 2 nitrogen and oxygen atoms in total. The standard InChI is InChI=1S/C9H17NO/c1-7-5-4-6-9(2,3)8(7)10-11/h7,11H,4-6H2,1-3H3/b10-8-/t7-/m0/s1. The first-order valence-electron chi connectivity index (χ1n) is 4.30. The van der Waals surface area contributed by atoms with Crippen LogP contribution in [0.5, 0.6) is 0 Å². The summed E-state index contributed by atoms with van der Waals surface area (Å²) >= 11 is 0. The Morgan fingerprint density at radius 2 is 2.18 bits per heavy atom. The van der Waals surface area contributed by atoms with Gasteiger partial charge in [0.05, 0.1) is 5.71 Å². The maximum atomic E-state index is 8.79. The monoisotopic (exact) mass is 155 g/mol. The highest BCUT2D eigenvalue weighted by atomic mass is 16.4. The van der Waals surface area contributed by atoms with Crippen molar-refractivity contribution in [3.63, 3.8) is 0 Å². The molecule has 0 bridgehead atoms. The molecule has 2 heteroatoms. The summed E-state index contributed by atoms with van der Waals surface area (Å²) in [4.78, 5) is 0. The minimum Gasteiger partial charge on any atom is -0.411 e. The van der Waals surface area contributed by atoms with Crippen molar-refractivity contribution in [1.82, 2.24) is 0 Å². The summed E-state index contributed by atoms with van der Waals surface area (Å²) in [7, 11) is 0. The van der Waals surface area contributed by atoms with Crippen molar-refractivity contribution in [2.45, 2.75) is 40.0 Å². The Kier molecular flexibility index (Phi) is 2.21. The third kappa shape index (κ3) is 1.55. The van der Waals surface area contributed by atoms with Crippen LogP contribution in [0.4, 0.5) is 0 Å². The van der Waals surface area contributed by atoms with Gasteiger partial charge in [-0.15, -0.1) is 0 Å². The zero-order valence-electron chi connectivity index (χ0n) is 7.59. The topological polar surface area (TPSA) is 32.6 Å². The molecule has 0 radical (unpaired) electrons. The molecule has 1 fully saturated rings. The van der Waals surface area contributed by atoms with E-state index >= 15 is 0 Å². The molecular formula is C9H17NO. The van der Waals surface area contributed by atoms with Gasteiger partial charge in [-0.25, -0.2) is 0 Å². The molecule has 64 valence electrons. The van der Waals surface area contributed by atoms with E-state index in [0.717, 1.165) is 12.1 Å². The van der Waals surface area contributed by atoms with E-state index in [1.165, 1.54) is 12.8 Å². The van der Waals surface area contributed by atoms with Crippen LogP contribution in [0.2, 0.25) is 0 Å². The van der Waals surface area contributed by atoms with Crippen molar-refractivity contribution < 1.29 is 5.21 Å². The van der Waals surface area contributed by atoms with E-state index in [4.69, 9.17) is 5.21 Å². The zero-order chi connectivity index (χ0) is 8.48. The molecule has 1 atom stereocenters. The SMILES string of the molecule is C[C@H]1CCCC(C)(C)/C1=N\O. The second-order valence-corrected chi connectivity index (χ2v) is 4.16. The summed E-state index contributed by atoms with van der Waals surface area (Å²) in [5.74, 6) is 0.462. The van der Waals surface area contributed by atoms with E-state index in [2.05, 4.69) is 25.9 Å². The Bertz CT molecular complexity index is 172. The second-order valence-electron chi connectivity index (χ2n) is 4.16. The minimum atomic E-state index is 0.117. The van der Waals surface area contributed by atoms with Crippen LogP contribution in [-0.2, 0) is 0 Å². The molecular weight excluding hydrogens is 138 g/mol. The smallest absolute Gasteiger partial charge is 0.0654 e. The molecule has 0 heterocycles. The summed E-state index contributed by atoms with van der Waals surface area (Å²) in [6.07, 6.45) is 3.58. The predicted octanol–water partition coefficient (Wildman–Crippen LogP) is 2.66. The van der Waals surface area contributed by atoms with Crippen LogP contribution in [-0.4, -0.2) is 10.9 Å². The van der Waals surface area contributed by atoms with Crippen molar-refractivity contribution >= 4 is 5.71 Å². The van der Waals surface area contributed by atoms with E-state index in [1.54, 1.807) is 0 Å². The van der Waals surface area contributed by atoms with Crippen LogP contribution >= 0.6 is 0 Å². The van der Waals surface area contributed by atoms with Gasteiger partial charge in [-0.1, -0.05) is 32.3 Å². The summed E-state index contributed by atoms with van der Waals surface area (Å²) in [5, 5.41) is 12.2. The molecule has 0 spiro atoms. The van der Waals surface area contributed by atoms with Gasteiger partial charge in [0.1, 0.15) is 0 Å². The van der Waals surface area contributed by atoms with Crippen LogP contribution in [0.1, 0.15) is 40.0 Å². The molecule has 1 aliphatic rings. The summed E-state index contributed by atoms with van der Waals surface area (Å²) in [5.41, 5.74) is 1.09. The maximum Gasteiger partial charge on any atom is 0.0654 e. The molecule has 0 amide bonds. The molecule has 1 aliphatic carbocycles. The lowest BCUT2D eigenvalue weighted by molar-refractivity contribution is 0.285. The molecule has 11 heavy (non-hydrogen) atoms. The Hall–Kier alpha value is -0.530. The quantitative estimate of drug-likeness (QED) is 0.423. The van der Waals surface area contributed by atoms with Gasteiger partial charge in [0.2, 0.25) is 0 Å². The van der Waals surface area contributed by atoms with Crippen LogP contribution in [0.25, 0.3) is 0 Å². The molecule has 0 saturated heterocycles.